The van der Waals surface area contributed by atoms with Crippen LogP contribution in [0.1, 0.15) is 22.3 Å². The van der Waals surface area contributed by atoms with Gasteiger partial charge in [0.2, 0.25) is 11.8 Å². The molecule has 0 aliphatic rings. The molecule has 0 aliphatic heterocycles. The molecule has 3 aromatic carbocycles. The summed E-state index contributed by atoms with van der Waals surface area (Å²) >= 11 is 6.17. The summed E-state index contributed by atoms with van der Waals surface area (Å²) < 4.78 is 0. The molecule has 5 heteroatoms. The van der Waals surface area contributed by atoms with Gasteiger partial charge in [0.15, 0.2) is 0 Å². The van der Waals surface area contributed by atoms with Gasteiger partial charge in [0, 0.05) is 25.0 Å². The van der Waals surface area contributed by atoms with Gasteiger partial charge in [-0.2, -0.15) is 0 Å². The molecule has 4 nitrogen and oxygen atoms in total. The minimum atomic E-state index is -0.635. The van der Waals surface area contributed by atoms with E-state index in [1.165, 1.54) is 0 Å². The first-order valence-electron chi connectivity index (χ1n) is 10.3. The SMILES string of the molecule is CNC(=O)C(Cc1ccccc1)N(Cc1cccc(Cl)c1)C(=O)Cc1cccc(C)c1. The summed E-state index contributed by atoms with van der Waals surface area (Å²) in [4.78, 5) is 28.0. The highest BCUT2D eigenvalue weighted by Crippen LogP contribution is 2.19. The molecule has 3 rings (SSSR count). The molecule has 160 valence electrons. The Morgan fingerprint density at radius 1 is 0.903 bits per heavy atom. The standard InChI is InChI=1S/C26H27ClN2O2/c1-19-8-6-11-21(14-19)17-25(30)29(18-22-12-7-13-23(27)15-22)24(26(31)28-2)16-20-9-4-3-5-10-20/h3-15,24H,16-18H2,1-2H3,(H,28,31). The Labute approximate surface area is 188 Å². The summed E-state index contributed by atoms with van der Waals surface area (Å²) in [5, 5.41) is 3.33. The number of hydrogen-bond acceptors (Lipinski definition) is 2. The van der Waals surface area contributed by atoms with Crippen LogP contribution in [0.4, 0.5) is 0 Å². The second kappa shape index (κ2) is 10.8. The van der Waals surface area contributed by atoms with Crippen LogP contribution in [-0.4, -0.2) is 29.8 Å². The van der Waals surface area contributed by atoms with Crippen molar-refractivity contribution in [1.82, 2.24) is 10.2 Å². The van der Waals surface area contributed by atoms with Crippen LogP contribution in [0, 0.1) is 6.92 Å². The highest BCUT2D eigenvalue weighted by molar-refractivity contribution is 6.30. The Bertz CT molecular complexity index is 1040. The van der Waals surface area contributed by atoms with E-state index < -0.39 is 6.04 Å². The fourth-order valence-corrected chi connectivity index (χ4v) is 3.86. The fraction of sp³-hybridized carbons (Fsp3) is 0.231. The largest absolute Gasteiger partial charge is 0.357 e. The fourth-order valence-electron chi connectivity index (χ4n) is 3.65. The average Bonchev–Trinajstić information content (AvgIpc) is 2.76. The third-order valence-electron chi connectivity index (χ3n) is 5.20. The van der Waals surface area contributed by atoms with Gasteiger partial charge in [-0.1, -0.05) is 83.9 Å². The van der Waals surface area contributed by atoms with Gasteiger partial charge in [-0.3, -0.25) is 9.59 Å². The topological polar surface area (TPSA) is 49.4 Å². The molecule has 0 aliphatic carbocycles. The number of carbonyl (C=O) groups is 2. The summed E-state index contributed by atoms with van der Waals surface area (Å²) in [6.07, 6.45) is 0.658. The molecule has 0 saturated heterocycles. The van der Waals surface area contributed by atoms with Crippen LogP contribution in [0.25, 0.3) is 0 Å². The maximum atomic E-state index is 13.5. The lowest BCUT2D eigenvalue weighted by atomic mass is 10.0. The molecule has 0 saturated carbocycles. The van der Waals surface area contributed by atoms with Gasteiger partial charge in [-0.05, 0) is 35.7 Å². The monoisotopic (exact) mass is 434 g/mol. The molecule has 1 unspecified atom stereocenters. The Hall–Kier alpha value is -3.11. The van der Waals surface area contributed by atoms with Crippen LogP contribution < -0.4 is 5.32 Å². The Morgan fingerprint density at radius 3 is 2.26 bits per heavy atom. The van der Waals surface area contributed by atoms with Crippen molar-refractivity contribution in [2.45, 2.75) is 32.4 Å². The first kappa shape index (κ1) is 22.6. The summed E-state index contributed by atoms with van der Waals surface area (Å²) in [7, 11) is 1.60. The minimum Gasteiger partial charge on any atom is -0.357 e. The molecule has 0 aromatic heterocycles. The second-order valence-corrected chi connectivity index (χ2v) is 8.07. The molecule has 1 N–H and O–H groups in total. The van der Waals surface area contributed by atoms with Crippen LogP contribution in [0.3, 0.4) is 0 Å². The zero-order chi connectivity index (χ0) is 22.2. The smallest absolute Gasteiger partial charge is 0.242 e. The quantitative estimate of drug-likeness (QED) is 0.564. The first-order valence-corrected chi connectivity index (χ1v) is 10.7. The van der Waals surface area contributed by atoms with Crippen LogP contribution in [-0.2, 0) is 29.0 Å². The van der Waals surface area contributed by atoms with Crippen LogP contribution in [0.5, 0.6) is 0 Å². The normalized spacial score (nSPS) is 11.6. The molecule has 2 amide bonds. The number of benzene rings is 3. The van der Waals surface area contributed by atoms with E-state index in [2.05, 4.69) is 5.32 Å². The molecular formula is C26H27ClN2O2. The summed E-state index contributed by atoms with van der Waals surface area (Å²) in [6, 6.07) is 24.4. The van der Waals surface area contributed by atoms with Gasteiger partial charge >= 0.3 is 0 Å². The number of likely N-dealkylation sites (N-methyl/N-ethyl adjacent to an activating group) is 1. The zero-order valence-corrected chi connectivity index (χ0v) is 18.6. The van der Waals surface area contributed by atoms with Crippen molar-refractivity contribution in [2.75, 3.05) is 7.05 Å². The van der Waals surface area contributed by atoms with Crippen molar-refractivity contribution in [2.24, 2.45) is 0 Å². The Morgan fingerprint density at radius 2 is 1.58 bits per heavy atom. The van der Waals surface area contributed by atoms with E-state index in [-0.39, 0.29) is 18.2 Å². The maximum Gasteiger partial charge on any atom is 0.242 e. The van der Waals surface area contributed by atoms with Crippen LogP contribution in [0.2, 0.25) is 5.02 Å². The zero-order valence-electron chi connectivity index (χ0n) is 17.8. The van der Waals surface area contributed by atoms with Crippen molar-refractivity contribution in [3.63, 3.8) is 0 Å². The molecule has 31 heavy (non-hydrogen) atoms. The molecular weight excluding hydrogens is 408 g/mol. The van der Waals surface area contributed by atoms with Gasteiger partial charge < -0.3 is 10.2 Å². The van der Waals surface area contributed by atoms with E-state index in [0.29, 0.717) is 18.0 Å². The second-order valence-electron chi connectivity index (χ2n) is 7.64. The Kier molecular flexibility index (Phi) is 7.85. The van der Waals surface area contributed by atoms with E-state index in [4.69, 9.17) is 11.6 Å². The number of amides is 2. The van der Waals surface area contributed by atoms with Crippen molar-refractivity contribution >= 4 is 23.4 Å². The third-order valence-corrected chi connectivity index (χ3v) is 5.43. The molecule has 0 fully saturated rings. The number of rotatable bonds is 8. The van der Waals surface area contributed by atoms with E-state index in [9.17, 15) is 9.59 Å². The number of carbonyl (C=O) groups excluding carboxylic acids is 2. The van der Waals surface area contributed by atoms with E-state index >= 15 is 0 Å². The average molecular weight is 435 g/mol. The number of nitrogens with one attached hydrogen (secondary N) is 1. The molecule has 0 spiro atoms. The van der Waals surface area contributed by atoms with Crippen molar-refractivity contribution in [1.29, 1.82) is 0 Å². The van der Waals surface area contributed by atoms with E-state index in [1.54, 1.807) is 18.0 Å². The predicted molar refractivity (Wildman–Crippen MR) is 125 cm³/mol. The molecule has 3 aromatic rings. The summed E-state index contributed by atoms with van der Waals surface area (Å²) in [5.41, 5.74) is 3.90. The number of nitrogens with zero attached hydrogens (tertiary/aromatic N) is 1. The van der Waals surface area contributed by atoms with Crippen molar-refractivity contribution in [3.8, 4) is 0 Å². The van der Waals surface area contributed by atoms with Crippen LogP contribution in [0.15, 0.2) is 78.9 Å². The van der Waals surface area contributed by atoms with Crippen molar-refractivity contribution in [3.05, 3.63) is 106 Å². The van der Waals surface area contributed by atoms with Gasteiger partial charge in [0.25, 0.3) is 0 Å². The molecule has 1 atom stereocenters. The minimum absolute atomic E-state index is 0.102. The van der Waals surface area contributed by atoms with Crippen molar-refractivity contribution < 1.29 is 9.59 Å². The Balaban J connectivity index is 1.94. The molecule has 0 bridgehead atoms. The van der Waals surface area contributed by atoms with E-state index in [1.807, 2.05) is 79.7 Å². The van der Waals surface area contributed by atoms with Gasteiger partial charge in [-0.15, -0.1) is 0 Å². The lowest BCUT2D eigenvalue weighted by Crippen LogP contribution is -2.50. The maximum absolute atomic E-state index is 13.5. The number of hydrogen-bond donors (Lipinski definition) is 1. The first-order chi connectivity index (χ1) is 15.0. The van der Waals surface area contributed by atoms with Crippen LogP contribution >= 0.6 is 11.6 Å². The third kappa shape index (κ3) is 6.43. The predicted octanol–water partition coefficient (Wildman–Crippen LogP) is 4.58. The van der Waals surface area contributed by atoms with Gasteiger partial charge in [0.1, 0.15) is 6.04 Å². The van der Waals surface area contributed by atoms with Gasteiger partial charge in [0.05, 0.1) is 6.42 Å². The summed E-state index contributed by atoms with van der Waals surface area (Å²) in [5.74, 6) is -0.293. The highest BCUT2D eigenvalue weighted by atomic mass is 35.5. The van der Waals surface area contributed by atoms with Gasteiger partial charge in [-0.25, -0.2) is 0 Å². The summed E-state index contributed by atoms with van der Waals surface area (Å²) in [6.45, 7) is 2.30. The number of halogens is 1. The lowest BCUT2D eigenvalue weighted by molar-refractivity contribution is -0.140. The van der Waals surface area contributed by atoms with E-state index in [0.717, 1.165) is 22.3 Å². The highest BCUT2D eigenvalue weighted by Gasteiger charge is 2.29. The number of aryl methyl sites for hydroxylation is 1. The molecule has 0 heterocycles. The molecule has 0 radical (unpaired) electrons. The lowest BCUT2D eigenvalue weighted by Gasteiger charge is -2.31.